The first-order valence-electron chi connectivity index (χ1n) is 19.8. The molecule has 0 atom stereocenters. The van der Waals surface area contributed by atoms with E-state index in [0.717, 1.165) is 38.2 Å². The van der Waals surface area contributed by atoms with Gasteiger partial charge in [-0.05, 0) is 115 Å². The summed E-state index contributed by atoms with van der Waals surface area (Å²) in [7, 11) is 3.30. The Kier molecular flexibility index (Phi) is 28.9. The number of methoxy groups -OCH3 is 3. The second-order valence-corrected chi connectivity index (χ2v) is 13.5. The van der Waals surface area contributed by atoms with Crippen molar-refractivity contribution < 1.29 is 92.2 Å². The van der Waals surface area contributed by atoms with Crippen molar-refractivity contribution >= 4 is 46.9 Å². The number of ketones is 3. The summed E-state index contributed by atoms with van der Waals surface area (Å²) in [6, 6.07) is 49.3. The zero-order valence-corrected chi connectivity index (χ0v) is 40.8. The SMILES string of the molecule is CC(=O)c1ccc(O)cc1.CC(=O)c1ccc(OCc2ccccc2)cc1.COC(=O)/C([O-])=C/C(=O)c1ccc(OCc2ccccc2)cc1.COC(=O)C(=O)OC.ClCc1ccccc1.[Na+]. The number of hydrogen-bond acceptors (Lipinski definition) is 13. The van der Waals surface area contributed by atoms with E-state index in [1.54, 1.807) is 43.3 Å². The first-order valence-corrected chi connectivity index (χ1v) is 20.4. The second kappa shape index (κ2) is 33.4. The zero-order chi connectivity index (χ0) is 48.7. The van der Waals surface area contributed by atoms with Gasteiger partial charge in [0.1, 0.15) is 30.5 Å². The third-order valence-corrected chi connectivity index (χ3v) is 8.66. The molecule has 15 heteroatoms. The molecule has 0 aliphatic carbocycles. The van der Waals surface area contributed by atoms with E-state index in [1.807, 2.05) is 103 Å². The fraction of sp³-hybridized carbons (Fsp3) is 0.154. The summed E-state index contributed by atoms with van der Waals surface area (Å²) in [5.74, 6) is -2.31. The predicted molar refractivity (Wildman–Crippen MR) is 247 cm³/mol. The molecule has 0 aliphatic heterocycles. The molecule has 6 aromatic rings. The van der Waals surface area contributed by atoms with Crippen LogP contribution in [0.4, 0.5) is 0 Å². The number of halogens is 1. The van der Waals surface area contributed by atoms with Crippen LogP contribution in [0.15, 0.2) is 176 Å². The molecular formula is C52H50ClNaO13. The number of esters is 3. The van der Waals surface area contributed by atoms with Gasteiger partial charge in [-0.25, -0.2) is 14.4 Å². The maximum absolute atomic E-state index is 11.8. The summed E-state index contributed by atoms with van der Waals surface area (Å²) >= 11 is 5.53. The molecule has 0 unspecified atom stereocenters. The van der Waals surface area contributed by atoms with Gasteiger partial charge in [-0.2, -0.15) is 0 Å². The van der Waals surface area contributed by atoms with Crippen molar-refractivity contribution in [2.24, 2.45) is 0 Å². The van der Waals surface area contributed by atoms with Crippen molar-refractivity contribution in [3.63, 3.8) is 0 Å². The molecule has 0 heterocycles. The molecule has 0 amide bonds. The molecule has 344 valence electrons. The molecule has 67 heavy (non-hydrogen) atoms. The number of phenols is 1. The molecule has 0 saturated carbocycles. The Balaban J connectivity index is 0.000000447. The number of allylic oxidation sites excluding steroid dienone is 1. The number of Topliss-reactive ketones (excluding diaryl/α,β-unsaturated/α-hetero) is 2. The Bertz CT molecular complexity index is 2410. The van der Waals surface area contributed by atoms with Gasteiger partial charge in [-0.3, -0.25) is 14.4 Å². The number of ether oxygens (including phenoxy) is 5. The summed E-state index contributed by atoms with van der Waals surface area (Å²) in [5.41, 5.74) is 4.95. The maximum Gasteiger partial charge on any atom is 1.00 e. The van der Waals surface area contributed by atoms with Gasteiger partial charge < -0.3 is 33.9 Å². The van der Waals surface area contributed by atoms with Crippen molar-refractivity contribution in [1.29, 1.82) is 0 Å². The van der Waals surface area contributed by atoms with E-state index in [9.17, 15) is 33.9 Å². The minimum absolute atomic E-state index is 0. The van der Waals surface area contributed by atoms with Crippen LogP contribution in [0.25, 0.3) is 0 Å². The monoisotopic (exact) mass is 940 g/mol. The summed E-state index contributed by atoms with van der Waals surface area (Å²) in [6.07, 6.45) is 0.714. The Labute approximate surface area is 417 Å². The smallest absolute Gasteiger partial charge is 0.867 e. The van der Waals surface area contributed by atoms with Crippen LogP contribution in [-0.2, 0) is 47.7 Å². The van der Waals surface area contributed by atoms with E-state index in [2.05, 4.69) is 14.2 Å². The van der Waals surface area contributed by atoms with Crippen LogP contribution in [0.3, 0.4) is 0 Å². The van der Waals surface area contributed by atoms with Gasteiger partial charge in [0.2, 0.25) is 0 Å². The number of carbonyl (C=O) groups is 6. The van der Waals surface area contributed by atoms with Crippen LogP contribution in [0.2, 0.25) is 0 Å². The number of aromatic hydroxyl groups is 1. The standard InChI is InChI=1S/C18H16O5.C15H14O2.C8H8O2.C7H7Cl.C4H6O4.Na/c1-22-18(21)17(20)11-16(19)14-7-9-15(10-8-14)23-12-13-5-3-2-4-6-13;1-12(16)14-7-9-15(10-8-14)17-11-13-5-3-2-4-6-13;1-6(9)7-2-4-8(10)5-3-7;8-6-7-4-2-1-3-5-7;1-7-3(5)4(6)8-2;/h2-11,20H,12H2,1H3;2-10H,11H2,1H3;2-5,10H,1H3;1-5H,6H2;1-2H3;/q;;;;;+1/p-1/b17-11-;;;;;. The molecule has 0 radical (unpaired) electrons. The number of carbonyl (C=O) groups excluding carboxylic acids is 6. The molecule has 0 fully saturated rings. The molecule has 13 nitrogen and oxygen atoms in total. The van der Waals surface area contributed by atoms with Crippen LogP contribution in [0, 0.1) is 0 Å². The number of phenolic OH excluding ortho intramolecular Hbond substituents is 1. The molecule has 0 aromatic heterocycles. The number of benzene rings is 6. The van der Waals surface area contributed by atoms with Crippen molar-refractivity contribution in [2.45, 2.75) is 32.9 Å². The first-order chi connectivity index (χ1) is 31.7. The van der Waals surface area contributed by atoms with Crippen molar-refractivity contribution in [2.75, 3.05) is 21.3 Å². The van der Waals surface area contributed by atoms with Crippen LogP contribution in [0.1, 0.15) is 61.6 Å². The van der Waals surface area contributed by atoms with E-state index in [0.29, 0.717) is 42.0 Å². The summed E-state index contributed by atoms with van der Waals surface area (Å²) < 4.78 is 23.4. The van der Waals surface area contributed by atoms with Crippen LogP contribution < -0.4 is 44.1 Å². The molecular weight excluding hydrogens is 891 g/mol. The van der Waals surface area contributed by atoms with Gasteiger partial charge in [0, 0.05) is 22.6 Å². The fourth-order valence-electron chi connectivity index (χ4n) is 4.77. The molecule has 6 rings (SSSR count). The molecule has 0 spiro atoms. The van der Waals surface area contributed by atoms with Crippen molar-refractivity contribution in [1.82, 2.24) is 0 Å². The maximum atomic E-state index is 11.8. The van der Waals surface area contributed by atoms with Gasteiger partial charge in [0.25, 0.3) is 0 Å². The van der Waals surface area contributed by atoms with E-state index in [4.69, 9.17) is 26.2 Å². The topological polar surface area (TPSA) is 192 Å². The fourth-order valence-corrected chi connectivity index (χ4v) is 4.95. The van der Waals surface area contributed by atoms with E-state index in [1.165, 1.54) is 36.8 Å². The molecule has 1 N–H and O–H groups in total. The zero-order valence-electron chi connectivity index (χ0n) is 38.0. The summed E-state index contributed by atoms with van der Waals surface area (Å²) in [4.78, 5) is 64.7. The Morgan fingerprint density at radius 3 is 1.13 bits per heavy atom. The Hall–Kier alpha value is -7.03. The quantitative estimate of drug-likeness (QED) is 0.0230. The number of rotatable bonds is 12. The van der Waals surface area contributed by atoms with Crippen LogP contribution in [0.5, 0.6) is 17.2 Å². The first kappa shape index (κ1) is 58.0. The molecule has 6 aromatic carbocycles. The summed E-state index contributed by atoms with van der Waals surface area (Å²) in [5, 5.41) is 20.1. The largest absolute Gasteiger partial charge is 1.00 e. The minimum atomic E-state index is -1.07. The number of hydrogen-bond donors (Lipinski definition) is 1. The summed E-state index contributed by atoms with van der Waals surface area (Å²) in [6.45, 7) is 4.01. The molecule has 0 bridgehead atoms. The third kappa shape index (κ3) is 24.2. The van der Waals surface area contributed by atoms with Gasteiger partial charge in [0.15, 0.2) is 17.3 Å². The van der Waals surface area contributed by atoms with Crippen LogP contribution in [-0.4, -0.2) is 61.7 Å². The van der Waals surface area contributed by atoms with Gasteiger partial charge in [0.05, 0.1) is 21.3 Å². The van der Waals surface area contributed by atoms with Gasteiger partial charge >= 0.3 is 47.5 Å². The molecule has 0 aliphatic rings. The van der Waals surface area contributed by atoms with Crippen molar-refractivity contribution in [3.8, 4) is 17.2 Å². The predicted octanol–water partition coefficient (Wildman–Crippen LogP) is 5.69. The number of alkyl halides is 1. The van der Waals surface area contributed by atoms with Crippen molar-refractivity contribution in [3.05, 3.63) is 209 Å². The Morgan fingerprint density at radius 2 is 0.821 bits per heavy atom. The minimum Gasteiger partial charge on any atom is -0.867 e. The Morgan fingerprint density at radius 1 is 0.493 bits per heavy atom. The normalized spacial score (nSPS) is 9.67. The second-order valence-electron chi connectivity index (χ2n) is 13.2. The van der Waals surface area contributed by atoms with Gasteiger partial charge in [-0.15, -0.1) is 11.6 Å². The van der Waals surface area contributed by atoms with Gasteiger partial charge in [-0.1, -0.05) is 91.0 Å². The third-order valence-electron chi connectivity index (χ3n) is 8.35. The van der Waals surface area contributed by atoms with E-state index >= 15 is 0 Å². The van der Waals surface area contributed by atoms with Crippen LogP contribution >= 0.6 is 11.6 Å². The van der Waals surface area contributed by atoms with E-state index < -0.39 is 29.5 Å². The average molecular weight is 941 g/mol. The molecule has 0 saturated heterocycles. The average Bonchev–Trinajstić information content (AvgIpc) is 3.36. The van der Waals surface area contributed by atoms with E-state index in [-0.39, 0.29) is 52.4 Å².